The standard InChI is InChI=1S/C52H33NO2/c1-3-13-35(14-4-1)40-17-9-11-21-47(40)53(39-28-30-49-46(32-39)42-19-10-12-22-48(42)54-49)38-26-23-34(24-27-38)37-25-29-44-50(31-37)55-51-33-45(36-15-5-2-6-16-36)41-18-7-8-20-43(41)52(44)51/h1-33H. The van der Waals surface area contributed by atoms with Crippen LogP contribution < -0.4 is 4.90 Å². The van der Waals surface area contributed by atoms with Crippen LogP contribution in [0.25, 0.3) is 88.0 Å². The van der Waals surface area contributed by atoms with Crippen LogP contribution in [0.1, 0.15) is 0 Å². The molecule has 0 unspecified atom stereocenters. The average Bonchev–Trinajstić information content (AvgIpc) is 3.82. The molecule has 0 fully saturated rings. The predicted molar refractivity (Wildman–Crippen MR) is 229 cm³/mol. The zero-order valence-corrected chi connectivity index (χ0v) is 29.8. The molecule has 0 radical (unpaired) electrons. The van der Waals surface area contributed by atoms with Crippen molar-refractivity contribution in [2.75, 3.05) is 4.90 Å². The lowest BCUT2D eigenvalue weighted by atomic mass is 9.94. The molecule has 0 N–H and O–H groups in total. The van der Waals surface area contributed by atoms with Crippen LogP contribution in [0.2, 0.25) is 0 Å². The van der Waals surface area contributed by atoms with Crippen molar-refractivity contribution < 1.29 is 8.83 Å². The Morgan fingerprint density at radius 3 is 1.69 bits per heavy atom. The quantitative estimate of drug-likeness (QED) is 0.173. The zero-order valence-electron chi connectivity index (χ0n) is 29.8. The summed E-state index contributed by atoms with van der Waals surface area (Å²) in [4.78, 5) is 2.35. The van der Waals surface area contributed by atoms with Gasteiger partial charge in [0, 0.05) is 38.5 Å². The molecule has 0 aliphatic heterocycles. The van der Waals surface area contributed by atoms with Crippen LogP contribution in [0.4, 0.5) is 17.1 Å². The van der Waals surface area contributed by atoms with E-state index >= 15 is 0 Å². The summed E-state index contributed by atoms with van der Waals surface area (Å²) in [5.41, 5.74) is 13.7. The topological polar surface area (TPSA) is 29.5 Å². The van der Waals surface area contributed by atoms with Gasteiger partial charge in [-0.05, 0) is 99.3 Å². The zero-order chi connectivity index (χ0) is 36.3. The molecular weight excluding hydrogens is 671 g/mol. The van der Waals surface area contributed by atoms with Crippen molar-refractivity contribution in [2.45, 2.75) is 0 Å². The minimum Gasteiger partial charge on any atom is -0.456 e. The van der Waals surface area contributed by atoms with Crippen LogP contribution in [0.5, 0.6) is 0 Å². The van der Waals surface area contributed by atoms with Gasteiger partial charge in [0.2, 0.25) is 0 Å². The molecule has 0 saturated carbocycles. The fourth-order valence-corrected chi connectivity index (χ4v) is 8.29. The Labute approximate surface area is 317 Å². The Morgan fingerprint density at radius 1 is 0.291 bits per heavy atom. The Bertz CT molecular complexity index is 3190. The Kier molecular flexibility index (Phi) is 7.17. The van der Waals surface area contributed by atoms with Crippen molar-refractivity contribution in [3.8, 4) is 33.4 Å². The van der Waals surface area contributed by atoms with Crippen molar-refractivity contribution in [1.29, 1.82) is 0 Å². The molecule has 0 aliphatic rings. The van der Waals surface area contributed by atoms with Gasteiger partial charge in [0.25, 0.3) is 0 Å². The van der Waals surface area contributed by atoms with E-state index in [0.29, 0.717) is 0 Å². The highest BCUT2D eigenvalue weighted by molar-refractivity contribution is 6.22. The largest absolute Gasteiger partial charge is 0.456 e. The number of fused-ring (bicyclic) bond motifs is 8. The first-order valence-electron chi connectivity index (χ1n) is 18.7. The van der Waals surface area contributed by atoms with E-state index in [1.807, 2.05) is 12.1 Å². The van der Waals surface area contributed by atoms with Crippen LogP contribution in [0.3, 0.4) is 0 Å². The Balaban J connectivity index is 1.03. The maximum Gasteiger partial charge on any atom is 0.136 e. The van der Waals surface area contributed by atoms with Crippen LogP contribution in [-0.4, -0.2) is 0 Å². The van der Waals surface area contributed by atoms with Gasteiger partial charge in [-0.15, -0.1) is 0 Å². The maximum absolute atomic E-state index is 6.66. The van der Waals surface area contributed by atoms with Crippen LogP contribution in [0.15, 0.2) is 209 Å². The third-order valence-corrected chi connectivity index (χ3v) is 10.9. The van der Waals surface area contributed by atoms with Gasteiger partial charge in [-0.2, -0.15) is 0 Å². The molecule has 0 bridgehead atoms. The molecule has 11 aromatic rings. The van der Waals surface area contributed by atoms with E-state index in [1.54, 1.807) is 0 Å². The molecule has 55 heavy (non-hydrogen) atoms. The lowest BCUT2D eigenvalue weighted by Gasteiger charge is -2.28. The number of hydrogen-bond donors (Lipinski definition) is 0. The fourth-order valence-electron chi connectivity index (χ4n) is 8.29. The summed E-state index contributed by atoms with van der Waals surface area (Å²) >= 11 is 0. The van der Waals surface area contributed by atoms with Crippen LogP contribution in [0, 0.1) is 0 Å². The molecule has 0 spiro atoms. The first-order valence-corrected chi connectivity index (χ1v) is 18.7. The van der Waals surface area contributed by atoms with Crippen LogP contribution in [-0.2, 0) is 0 Å². The molecule has 0 saturated heterocycles. The van der Waals surface area contributed by atoms with Crippen molar-refractivity contribution in [3.05, 3.63) is 200 Å². The Morgan fingerprint density at radius 2 is 0.891 bits per heavy atom. The second-order valence-electron chi connectivity index (χ2n) is 14.1. The molecule has 11 rings (SSSR count). The molecule has 0 aliphatic carbocycles. The predicted octanol–water partition coefficient (Wildman–Crippen LogP) is 15.1. The van der Waals surface area contributed by atoms with E-state index in [-0.39, 0.29) is 0 Å². The highest BCUT2D eigenvalue weighted by Crippen LogP contribution is 2.44. The van der Waals surface area contributed by atoms with Crippen molar-refractivity contribution in [1.82, 2.24) is 0 Å². The van der Waals surface area contributed by atoms with Gasteiger partial charge in [-0.1, -0.05) is 140 Å². The number of nitrogens with zero attached hydrogens (tertiary/aromatic N) is 1. The van der Waals surface area contributed by atoms with E-state index in [0.717, 1.165) is 83.2 Å². The van der Waals surface area contributed by atoms with E-state index < -0.39 is 0 Å². The lowest BCUT2D eigenvalue weighted by Crippen LogP contribution is -2.11. The fraction of sp³-hybridized carbons (Fsp3) is 0. The third-order valence-electron chi connectivity index (χ3n) is 10.9. The van der Waals surface area contributed by atoms with Gasteiger partial charge >= 0.3 is 0 Å². The molecule has 2 heterocycles. The summed E-state index contributed by atoms with van der Waals surface area (Å²) in [7, 11) is 0. The minimum atomic E-state index is 0.877. The van der Waals surface area contributed by atoms with Crippen molar-refractivity contribution in [2.24, 2.45) is 0 Å². The molecule has 3 heteroatoms. The molecule has 0 atom stereocenters. The van der Waals surface area contributed by atoms with E-state index in [2.05, 4.69) is 193 Å². The maximum atomic E-state index is 6.66. The summed E-state index contributed by atoms with van der Waals surface area (Å²) in [6.45, 7) is 0. The number of anilines is 3. The number of hydrogen-bond acceptors (Lipinski definition) is 3. The highest BCUT2D eigenvalue weighted by atomic mass is 16.3. The highest BCUT2D eigenvalue weighted by Gasteiger charge is 2.20. The summed E-state index contributed by atoms with van der Waals surface area (Å²) in [5.74, 6) is 0. The van der Waals surface area contributed by atoms with Crippen molar-refractivity contribution in [3.63, 3.8) is 0 Å². The van der Waals surface area contributed by atoms with Gasteiger partial charge < -0.3 is 13.7 Å². The smallest absolute Gasteiger partial charge is 0.136 e. The van der Waals surface area contributed by atoms with Gasteiger partial charge in [0.15, 0.2) is 0 Å². The summed E-state index contributed by atoms with van der Waals surface area (Å²) in [6, 6.07) is 70.9. The van der Waals surface area contributed by atoms with Gasteiger partial charge in [-0.3, -0.25) is 0 Å². The summed E-state index contributed by atoms with van der Waals surface area (Å²) < 4.78 is 12.9. The second-order valence-corrected chi connectivity index (χ2v) is 14.1. The monoisotopic (exact) mass is 703 g/mol. The second kappa shape index (κ2) is 12.6. The molecule has 2 aromatic heterocycles. The number of rotatable bonds is 6. The van der Waals surface area contributed by atoms with Crippen molar-refractivity contribution >= 4 is 71.7 Å². The number of furan rings is 2. The van der Waals surface area contributed by atoms with E-state index in [4.69, 9.17) is 8.83 Å². The third kappa shape index (κ3) is 5.20. The normalized spacial score (nSPS) is 11.6. The minimum absolute atomic E-state index is 0.877. The summed E-state index contributed by atoms with van der Waals surface area (Å²) in [6.07, 6.45) is 0. The molecular formula is C52H33NO2. The Hall–Kier alpha value is -7.36. The summed E-state index contributed by atoms with van der Waals surface area (Å²) in [5, 5.41) is 6.90. The van der Waals surface area contributed by atoms with Crippen LogP contribution >= 0.6 is 0 Å². The lowest BCUT2D eigenvalue weighted by molar-refractivity contribution is 0.668. The van der Waals surface area contributed by atoms with Gasteiger partial charge in [0.1, 0.15) is 22.3 Å². The van der Waals surface area contributed by atoms with E-state index in [9.17, 15) is 0 Å². The average molecular weight is 704 g/mol. The van der Waals surface area contributed by atoms with Gasteiger partial charge in [-0.25, -0.2) is 0 Å². The SMILES string of the molecule is c1ccc(-c2ccccc2N(c2ccc(-c3ccc4c(c3)oc3cc(-c5ccccc5)c5ccccc5c34)cc2)c2ccc3oc4ccccc4c3c2)cc1. The number of para-hydroxylation sites is 2. The van der Waals surface area contributed by atoms with E-state index in [1.165, 1.54) is 21.9 Å². The number of benzene rings is 9. The molecule has 0 amide bonds. The first-order chi connectivity index (χ1) is 27.3. The van der Waals surface area contributed by atoms with Gasteiger partial charge in [0.05, 0.1) is 5.69 Å². The molecule has 9 aromatic carbocycles. The molecule has 258 valence electrons. The molecule has 3 nitrogen and oxygen atoms in total. The first kappa shape index (κ1) is 31.2.